The van der Waals surface area contributed by atoms with Gasteiger partial charge in [0.1, 0.15) is 0 Å². The van der Waals surface area contributed by atoms with Gasteiger partial charge in [-0.3, -0.25) is 0 Å². The van der Waals surface area contributed by atoms with E-state index in [4.69, 9.17) is 0 Å². The minimum atomic E-state index is 1.18. The van der Waals surface area contributed by atoms with Crippen molar-refractivity contribution in [2.24, 2.45) is 0 Å². The molecule has 3 heteroatoms. The second kappa shape index (κ2) is 3.83. The number of thiophene rings is 1. The average molecular weight is 356 g/mol. The Labute approximate surface area is 115 Å². The first-order valence-corrected chi connectivity index (χ1v) is 7.34. The van der Waals surface area contributed by atoms with Gasteiger partial charge in [0.25, 0.3) is 0 Å². The van der Waals surface area contributed by atoms with Gasteiger partial charge in [-0.1, -0.05) is 18.2 Å². The fourth-order valence-electron chi connectivity index (χ4n) is 2.00. The molecule has 0 nitrogen and oxygen atoms in total. The highest BCUT2D eigenvalue weighted by Gasteiger charge is 2.11. The van der Waals surface area contributed by atoms with Crippen molar-refractivity contribution < 1.29 is 0 Å². The first-order valence-electron chi connectivity index (χ1n) is 4.94. The summed E-state index contributed by atoms with van der Waals surface area (Å²) in [7, 11) is 0. The SMILES string of the molecule is Cc1ccc(Br)c2sc3c(Br)cccc3c12. The van der Waals surface area contributed by atoms with E-state index in [0.717, 1.165) is 0 Å². The number of rotatable bonds is 0. The maximum Gasteiger partial charge on any atom is 0.0500 e. The average Bonchev–Trinajstić information content (AvgIpc) is 2.66. The van der Waals surface area contributed by atoms with Gasteiger partial charge in [-0.25, -0.2) is 0 Å². The molecule has 0 radical (unpaired) electrons. The fraction of sp³-hybridized carbons (Fsp3) is 0.0769. The molecular formula is C13H8Br2S. The van der Waals surface area contributed by atoms with Crippen LogP contribution in [-0.4, -0.2) is 0 Å². The Kier molecular flexibility index (Phi) is 2.57. The van der Waals surface area contributed by atoms with Crippen LogP contribution in [0.5, 0.6) is 0 Å². The molecule has 2 aromatic carbocycles. The third-order valence-electron chi connectivity index (χ3n) is 2.76. The number of aryl methyl sites for hydroxylation is 1. The fourth-order valence-corrected chi connectivity index (χ4v) is 4.37. The van der Waals surface area contributed by atoms with E-state index in [9.17, 15) is 0 Å². The van der Waals surface area contributed by atoms with E-state index in [0.29, 0.717) is 0 Å². The summed E-state index contributed by atoms with van der Waals surface area (Å²) in [5.41, 5.74) is 1.34. The number of hydrogen-bond donors (Lipinski definition) is 0. The predicted octanol–water partition coefficient (Wildman–Crippen LogP) is 5.89. The molecule has 0 unspecified atom stereocenters. The molecule has 0 spiro atoms. The Balaban J connectivity index is 2.66. The smallest absolute Gasteiger partial charge is 0.0500 e. The van der Waals surface area contributed by atoms with E-state index in [2.05, 4.69) is 69.1 Å². The van der Waals surface area contributed by atoms with Crippen LogP contribution in [0.1, 0.15) is 5.56 Å². The molecule has 0 bridgehead atoms. The van der Waals surface area contributed by atoms with E-state index < -0.39 is 0 Å². The zero-order valence-electron chi connectivity index (χ0n) is 8.55. The summed E-state index contributed by atoms with van der Waals surface area (Å²) in [5.74, 6) is 0. The topological polar surface area (TPSA) is 0 Å². The third-order valence-corrected chi connectivity index (χ3v) is 5.88. The second-order valence-corrected chi connectivity index (χ2v) is 6.52. The van der Waals surface area contributed by atoms with Crippen LogP contribution in [0.3, 0.4) is 0 Å². The number of halogens is 2. The molecule has 0 aliphatic heterocycles. The molecule has 0 atom stereocenters. The molecule has 0 saturated carbocycles. The lowest BCUT2D eigenvalue weighted by Crippen LogP contribution is -1.74. The zero-order valence-corrected chi connectivity index (χ0v) is 12.5. The van der Waals surface area contributed by atoms with Crippen LogP contribution >= 0.6 is 43.2 Å². The lowest BCUT2D eigenvalue weighted by atomic mass is 10.1. The van der Waals surface area contributed by atoms with Crippen molar-refractivity contribution in [1.29, 1.82) is 0 Å². The minimum Gasteiger partial charge on any atom is -0.133 e. The third kappa shape index (κ3) is 1.45. The summed E-state index contributed by atoms with van der Waals surface area (Å²) in [6.07, 6.45) is 0. The zero-order chi connectivity index (χ0) is 11.3. The molecule has 0 saturated heterocycles. The van der Waals surface area contributed by atoms with Crippen LogP contribution in [0.2, 0.25) is 0 Å². The number of fused-ring (bicyclic) bond motifs is 3. The van der Waals surface area contributed by atoms with Crippen LogP contribution in [-0.2, 0) is 0 Å². The molecule has 16 heavy (non-hydrogen) atoms. The highest BCUT2D eigenvalue weighted by Crippen LogP contribution is 2.42. The molecule has 0 amide bonds. The first kappa shape index (κ1) is 10.8. The minimum absolute atomic E-state index is 1.18. The van der Waals surface area contributed by atoms with Gasteiger partial charge in [0.2, 0.25) is 0 Å². The molecular weight excluding hydrogens is 348 g/mol. The summed E-state index contributed by atoms with van der Waals surface area (Å²) in [6.45, 7) is 2.17. The van der Waals surface area contributed by atoms with Gasteiger partial charge < -0.3 is 0 Å². The standard InChI is InChI=1S/C13H8Br2S/c1-7-5-6-10(15)13-11(7)8-3-2-4-9(14)12(8)16-13/h2-6H,1H3. The number of hydrogen-bond acceptors (Lipinski definition) is 1. The van der Waals surface area contributed by atoms with Crippen LogP contribution in [0, 0.1) is 6.92 Å². The van der Waals surface area contributed by atoms with Crippen LogP contribution in [0.15, 0.2) is 39.3 Å². The summed E-state index contributed by atoms with van der Waals surface area (Å²) >= 11 is 9.08. The lowest BCUT2D eigenvalue weighted by Gasteiger charge is -1.99. The Bertz CT molecular complexity index is 698. The van der Waals surface area contributed by atoms with Crippen molar-refractivity contribution in [3.63, 3.8) is 0 Å². The Morgan fingerprint density at radius 2 is 1.69 bits per heavy atom. The van der Waals surface area contributed by atoms with Crippen LogP contribution < -0.4 is 0 Å². The van der Waals surface area contributed by atoms with Gasteiger partial charge in [0.15, 0.2) is 0 Å². The number of benzene rings is 2. The van der Waals surface area contributed by atoms with Crippen molar-refractivity contribution in [3.8, 4) is 0 Å². The largest absolute Gasteiger partial charge is 0.133 e. The Hall–Kier alpha value is -0.380. The summed E-state index contributed by atoms with van der Waals surface area (Å²) in [4.78, 5) is 0. The van der Waals surface area contributed by atoms with E-state index in [1.165, 1.54) is 34.7 Å². The maximum absolute atomic E-state index is 3.63. The van der Waals surface area contributed by atoms with Gasteiger partial charge >= 0.3 is 0 Å². The second-order valence-electron chi connectivity index (χ2n) is 3.79. The van der Waals surface area contributed by atoms with Gasteiger partial charge in [-0.15, -0.1) is 11.3 Å². The van der Waals surface area contributed by atoms with Crippen molar-refractivity contribution >= 4 is 63.4 Å². The molecule has 0 N–H and O–H groups in total. The normalized spacial score (nSPS) is 11.4. The Morgan fingerprint density at radius 3 is 2.50 bits per heavy atom. The first-order chi connectivity index (χ1) is 7.68. The summed E-state index contributed by atoms with van der Waals surface area (Å²) in [5, 5.41) is 2.71. The molecule has 0 aliphatic rings. The van der Waals surface area contributed by atoms with Crippen molar-refractivity contribution in [2.45, 2.75) is 6.92 Å². The molecule has 1 aromatic heterocycles. The highest BCUT2D eigenvalue weighted by molar-refractivity contribution is 9.11. The van der Waals surface area contributed by atoms with E-state index in [1.807, 2.05) is 11.3 Å². The molecule has 3 aromatic rings. The van der Waals surface area contributed by atoms with E-state index >= 15 is 0 Å². The van der Waals surface area contributed by atoms with Crippen LogP contribution in [0.4, 0.5) is 0 Å². The molecule has 1 heterocycles. The highest BCUT2D eigenvalue weighted by atomic mass is 79.9. The van der Waals surface area contributed by atoms with Gasteiger partial charge in [-0.05, 0) is 56.5 Å². The molecule has 80 valence electrons. The Morgan fingerprint density at radius 1 is 0.938 bits per heavy atom. The van der Waals surface area contributed by atoms with Crippen molar-refractivity contribution in [2.75, 3.05) is 0 Å². The van der Waals surface area contributed by atoms with E-state index in [-0.39, 0.29) is 0 Å². The monoisotopic (exact) mass is 354 g/mol. The quantitative estimate of drug-likeness (QED) is 0.471. The molecule has 3 rings (SSSR count). The predicted molar refractivity (Wildman–Crippen MR) is 79.5 cm³/mol. The maximum atomic E-state index is 3.63. The van der Waals surface area contributed by atoms with Gasteiger partial charge in [0.05, 0.1) is 4.70 Å². The lowest BCUT2D eigenvalue weighted by molar-refractivity contribution is 1.54. The molecule has 0 aliphatic carbocycles. The summed E-state index contributed by atoms with van der Waals surface area (Å²) < 4.78 is 5.02. The van der Waals surface area contributed by atoms with Gasteiger partial charge in [-0.2, -0.15) is 0 Å². The van der Waals surface area contributed by atoms with Crippen molar-refractivity contribution in [1.82, 2.24) is 0 Å². The van der Waals surface area contributed by atoms with Gasteiger partial charge in [0, 0.05) is 24.4 Å². The van der Waals surface area contributed by atoms with Crippen molar-refractivity contribution in [3.05, 3.63) is 44.8 Å². The van der Waals surface area contributed by atoms with Crippen LogP contribution in [0.25, 0.3) is 20.2 Å². The van der Waals surface area contributed by atoms with E-state index in [1.54, 1.807) is 0 Å². The molecule has 0 fully saturated rings. The summed E-state index contributed by atoms with van der Waals surface area (Å²) in [6, 6.07) is 10.7.